The lowest BCUT2D eigenvalue weighted by molar-refractivity contribution is -0.128. The maximum Gasteiger partial charge on any atom is 0.254 e. The Bertz CT molecular complexity index is 396. The third-order valence-electron chi connectivity index (χ3n) is 2.75. The van der Waals surface area contributed by atoms with Crippen molar-refractivity contribution < 1.29 is 9.53 Å². The third kappa shape index (κ3) is 2.83. The number of morpholine rings is 1. The van der Waals surface area contributed by atoms with E-state index in [1.54, 1.807) is 4.68 Å². The monoisotopic (exact) mass is 238 g/mol. The minimum atomic E-state index is -0.409. The zero-order valence-electron chi connectivity index (χ0n) is 10.2. The van der Waals surface area contributed by atoms with Gasteiger partial charge in [-0.05, 0) is 13.8 Å². The van der Waals surface area contributed by atoms with E-state index in [0.717, 1.165) is 24.5 Å². The topological polar surface area (TPSA) is 68.2 Å². The van der Waals surface area contributed by atoms with E-state index >= 15 is 0 Å². The third-order valence-corrected chi connectivity index (χ3v) is 2.75. The first-order chi connectivity index (χ1) is 8.20. The predicted octanol–water partition coefficient (Wildman–Crippen LogP) is 0.138. The molecule has 1 aliphatic rings. The van der Waals surface area contributed by atoms with Gasteiger partial charge >= 0.3 is 0 Å². The fourth-order valence-corrected chi connectivity index (χ4v) is 1.75. The number of hydrogen-bond donors (Lipinski definition) is 2. The number of aryl methyl sites for hydroxylation is 2. The van der Waals surface area contributed by atoms with E-state index in [2.05, 4.69) is 15.7 Å². The number of rotatable bonds is 3. The van der Waals surface area contributed by atoms with Crippen LogP contribution in [0.5, 0.6) is 0 Å². The molecule has 94 valence electrons. The number of amides is 1. The van der Waals surface area contributed by atoms with Crippen LogP contribution in [-0.2, 0) is 16.1 Å². The normalized spacial score (nSPS) is 20.2. The quantitative estimate of drug-likeness (QED) is 0.786. The van der Waals surface area contributed by atoms with Gasteiger partial charge in [-0.2, -0.15) is 5.10 Å². The molecule has 0 spiro atoms. The van der Waals surface area contributed by atoms with Crippen LogP contribution in [0.3, 0.4) is 0 Å². The molecule has 1 aliphatic heterocycles. The van der Waals surface area contributed by atoms with Gasteiger partial charge in [0.1, 0.15) is 6.10 Å². The fraction of sp³-hybridized carbons (Fsp3) is 0.636. The Labute approximate surface area is 100 Å². The SMILES string of the molecule is CCn1cc(NC(=O)C2CNCCO2)c(C)n1. The number of nitrogens with zero attached hydrogens (tertiary/aromatic N) is 2. The van der Waals surface area contributed by atoms with Crippen LogP contribution in [0.25, 0.3) is 0 Å². The van der Waals surface area contributed by atoms with Crippen LogP contribution in [0.1, 0.15) is 12.6 Å². The number of aromatic nitrogens is 2. The van der Waals surface area contributed by atoms with Gasteiger partial charge in [0.25, 0.3) is 5.91 Å². The van der Waals surface area contributed by atoms with E-state index in [-0.39, 0.29) is 5.91 Å². The molecule has 1 aromatic heterocycles. The highest BCUT2D eigenvalue weighted by Crippen LogP contribution is 2.13. The molecule has 2 heterocycles. The van der Waals surface area contributed by atoms with E-state index < -0.39 is 6.10 Å². The summed E-state index contributed by atoms with van der Waals surface area (Å²) in [4.78, 5) is 11.9. The maximum atomic E-state index is 11.9. The molecule has 0 bridgehead atoms. The van der Waals surface area contributed by atoms with Gasteiger partial charge in [0, 0.05) is 25.8 Å². The van der Waals surface area contributed by atoms with Crippen molar-refractivity contribution in [2.45, 2.75) is 26.5 Å². The smallest absolute Gasteiger partial charge is 0.254 e. The Morgan fingerprint density at radius 3 is 3.18 bits per heavy atom. The molecule has 1 unspecified atom stereocenters. The molecule has 1 amide bonds. The minimum Gasteiger partial charge on any atom is -0.366 e. The predicted molar refractivity (Wildman–Crippen MR) is 63.9 cm³/mol. The second-order valence-electron chi connectivity index (χ2n) is 4.04. The molecule has 0 aliphatic carbocycles. The second-order valence-corrected chi connectivity index (χ2v) is 4.04. The zero-order valence-corrected chi connectivity index (χ0v) is 10.2. The number of anilines is 1. The molecule has 6 heteroatoms. The van der Waals surface area contributed by atoms with Crippen LogP contribution >= 0.6 is 0 Å². The molecule has 2 N–H and O–H groups in total. The van der Waals surface area contributed by atoms with Crippen molar-refractivity contribution in [2.24, 2.45) is 0 Å². The van der Waals surface area contributed by atoms with Gasteiger partial charge in [0.2, 0.25) is 0 Å². The van der Waals surface area contributed by atoms with Gasteiger partial charge in [-0.25, -0.2) is 0 Å². The Kier molecular flexibility index (Phi) is 3.75. The van der Waals surface area contributed by atoms with Crippen LogP contribution in [0.4, 0.5) is 5.69 Å². The average Bonchev–Trinajstić information content (AvgIpc) is 2.71. The highest BCUT2D eigenvalue weighted by atomic mass is 16.5. The van der Waals surface area contributed by atoms with Crippen molar-refractivity contribution in [2.75, 3.05) is 25.0 Å². The summed E-state index contributed by atoms with van der Waals surface area (Å²) in [7, 11) is 0. The summed E-state index contributed by atoms with van der Waals surface area (Å²) in [5, 5.41) is 10.2. The lowest BCUT2D eigenvalue weighted by atomic mass is 10.2. The van der Waals surface area contributed by atoms with Crippen molar-refractivity contribution in [3.63, 3.8) is 0 Å². The molecule has 17 heavy (non-hydrogen) atoms. The maximum absolute atomic E-state index is 11.9. The Balaban J connectivity index is 1.99. The number of hydrogen-bond acceptors (Lipinski definition) is 4. The molecule has 2 rings (SSSR count). The summed E-state index contributed by atoms with van der Waals surface area (Å²) in [5.74, 6) is -0.115. The average molecular weight is 238 g/mol. The van der Waals surface area contributed by atoms with Gasteiger partial charge in [0.05, 0.1) is 18.0 Å². The number of nitrogens with one attached hydrogen (secondary N) is 2. The minimum absolute atomic E-state index is 0.115. The van der Waals surface area contributed by atoms with Crippen molar-refractivity contribution in [3.8, 4) is 0 Å². The van der Waals surface area contributed by atoms with Gasteiger partial charge in [0.15, 0.2) is 0 Å². The Morgan fingerprint density at radius 2 is 2.59 bits per heavy atom. The second kappa shape index (κ2) is 5.29. The summed E-state index contributed by atoms with van der Waals surface area (Å²) in [5.41, 5.74) is 1.58. The number of ether oxygens (including phenoxy) is 1. The first-order valence-corrected chi connectivity index (χ1v) is 5.88. The first-order valence-electron chi connectivity index (χ1n) is 5.88. The molecule has 0 radical (unpaired) electrons. The van der Waals surface area contributed by atoms with E-state index in [9.17, 15) is 4.79 Å². The van der Waals surface area contributed by atoms with Gasteiger partial charge in [-0.15, -0.1) is 0 Å². The number of carbonyl (C=O) groups is 1. The summed E-state index contributed by atoms with van der Waals surface area (Å²) >= 11 is 0. The molecule has 1 saturated heterocycles. The van der Waals surface area contributed by atoms with Crippen LogP contribution in [0.15, 0.2) is 6.20 Å². The van der Waals surface area contributed by atoms with Crippen molar-refractivity contribution in [3.05, 3.63) is 11.9 Å². The van der Waals surface area contributed by atoms with Crippen LogP contribution < -0.4 is 10.6 Å². The van der Waals surface area contributed by atoms with E-state index in [1.807, 2.05) is 20.0 Å². The summed E-state index contributed by atoms with van der Waals surface area (Å²) < 4.78 is 7.18. The van der Waals surface area contributed by atoms with Crippen LogP contribution in [0.2, 0.25) is 0 Å². The van der Waals surface area contributed by atoms with Gasteiger partial charge < -0.3 is 15.4 Å². The summed E-state index contributed by atoms with van der Waals surface area (Å²) in [6.07, 6.45) is 1.43. The van der Waals surface area contributed by atoms with Gasteiger partial charge in [-0.3, -0.25) is 9.48 Å². The van der Waals surface area contributed by atoms with Crippen LogP contribution in [-0.4, -0.2) is 41.5 Å². The molecule has 1 aromatic rings. The molecule has 6 nitrogen and oxygen atoms in total. The molecular weight excluding hydrogens is 220 g/mol. The largest absolute Gasteiger partial charge is 0.366 e. The molecule has 1 atom stereocenters. The lowest BCUT2D eigenvalue weighted by Gasteiger charge is -2.22. The molecule has 0 aromatic carbocycles. The number of carbonyl (C=O) groups excluding carboxylic acids is 1. The first kappa shape index (κ1) is 12.1. The molecule has 1 fully saturated rings. The van der Waals surface area contributed by atoms with E-state index in [4.69, 9.17) is 4.74 Å². The Morgan fingerprint density at radius 1 is 1.76 bits per heavy atom. The fourth-order valence-electron chi connectivity index (χ4n) is 1.75. The van der Waals surface area contributed by atoms with Crippen molar-refractivity contribution in [1.29, 1.82) is 0 Å². The summed E-state index contributed by atoms with van der Waals surface area (Å²) in [6.45, 7) is 6.61. The van der Waals surface area contributed by atoms with Crippen LogP contribution in [0, 0.1) is 6.92 Å². The molecular formula is C11H18N4O2. The van der Waals surface area contributed by atoms with Crippen molar-refractivity contribution >= 4 is 11.6 Å². The summed E-state index contributed by atoms with van der Waals surface area (Å²) in [6, 6.07) is 0. The lowest BCUT2D eigenvalue weighted by Crippen LogP contribution is -2.45. The highest BCUT2D eigenvalue weighted by molar-refractivity contribution is 5.94. The standard InChI is InChI=1S/C11H18N4O2/c1-3-15-7-9(8(2)14-15)13-11(16)10-6-12-4-5-17-10/h7,10,12H,3-6H2,1-2H3,(H,13,16). The highest BCUT2D eigenvalue weighted by Gasteiger charge is 2.22. The molecule has 0 saturated carbocycles. The van der Waals surface area contributed by atoms with E-state index in [1.165, 1.54) is 0 Å². The van der Waals surface area contributed by atoms with E-state index in [0.29, 0.717) is 13.2 Å². The zero-order chi connectivity index (χ0) is 12.3. The van der Waals surface area contributed by atoms with Crippen molar-refractivity contribution in [1.82, 2.24) is 15.1 Å². The van der Waals surface area contributed by atoms with Gasteiger partial charge in [-0.1, -0.05) is 0 Å². The Hall–Kier alpha value is -1.40.